The monoisotopic (exact) mass is 343 g/mol. The lowest BCUT2D eigenvalue weighted by atomic mass is 10.1. The van der Waals surface area contributed by atoms with E-state index in [9.17, 15) is 9.65 Å². The van der Waals surface area contributed by atoms with Crippen LogP contribution in [0.5, 0.6) is 0 Å². The fourth-order valence-electron chi connectivity index (χ4n) is 3.18. The highest BCUT2D eigenvalue weighted by Gasteiger charge is 2.27. The number of nitrogens with zero attached hydrogens (tertiary/aromatic N) is 7. The van der Waals surface area contributed by atoms with Crippen molar-refractivity contribution < 1.29 is 4.39 Å². The minimum atomic E-state index is -0.284. The lowest BCUT2D eigenvalue weighted by Crippen LogP contribution is -2.52. The molecular weight excluding hydrogens is 321 g/mol. The van der Waals surface area contributed by atoms with E-state index in [0.29, 0.717) is 23.6 Å². The maximum Gasteiger partial charge on any atom is 0.164 e. The lowest BCUT2D eigenvalue weighted by molar-refractivity contribution is 0.218. The Labute approximate surface area is 146 Å². The molecule has 25 heavy (non-hydrogen) atoms. The standard InChI is InChI=1S/C17H22FN7/c1-13-11-24(5-3-4-18)6-7-25(13)17-14(8-19)9-20-16(22-17)15-10-21-23(2)12-15/h9-10,12-13H,3-7,11H2,1-2H3. The number of aryl methyl sites for hydroxylation is 1. The molecule has 0 spiro atoms. The second kappa shape index (κ2) is 7.57. The van der Waals surface area contributed by atoms with Gasteiger partial charge in [0.1, 0.15) is 11.6 Å². The van der Waals surface area contributed by atoms with E-state index >= 15 is 0 Å². The molecule has 8 heteroatoms. The highest BCUT2D eigenvalue weighted by molar-refractivity contribution is 5.61. The third-order valence-corrected chi connectivity index (χ3v) is 4.44. The molecule has 3 heterocycles. The molecule has 1 atom stereocenters. The van der Waals surface area contributed by atoms with Crippen molar-refractivity contribution in [1.29, 1.82) is 5.26 Å². The smallest absolute Gasteiger partial charge is 0.164 e. The Hall–Kier alpha value is -2.53. The number of hydrogen-bond acceptors (Lipinski definition) is 6. The first kappa shape index (κ1) is 17.3. The molecule has 2 aromatic rings. The van der Waals surface area contributed by atoms with Gasteiger partial charge in [-0.1, -0.05) is 0 Å². The van der Waals surface area contributed by atoms with Crippen LogP contribution in [0.2, 0.25) is 0 Å². The molecular formula is C17H22FN7. The zero-order chi connectivity index (χ0) is 17.8. The van der Waals surface area contributed by atoms with Gasteiger partial charge in [0, 0.05) is 45.5 Å². The van der Waals surface area contributed by atoms with Crippen LogP contribution in [-0.4, -0.2) is 63.5 Å². The maximum atomic E-state index is 12.4. The van der Waals surface area contributed by atoms with E-state index in [-0.39, 0.29) is 12.7 Å². The molecule has 3 rings (SSSR count). The zero-order valence-electron chi connectivity index (χ0n) is 14.6. The van der Waals surface area contributed by atoms with Crippen molar-refractivity contribution in [2.45, 2.75) is 19.4 Å². The number of aromatic nitrogens is 4. The van der Waals surface area contributed by atoms with Gasteiger partial charge in [-0.3, -0.25) is 14.0 Å². The first-order valence-electron chi connectivity index (χ1n) is 8.43. The number of rotatable bonds is 5. The highest BCUT2D eigenvalue weighted by atomic mass is 19.1. The van der Waals surface area contributed by atoms with Gasteiger partial charge < -0.3 is 4.90 Å². The number of anilines is 1. The number of nitriles is 1. The number of alkyl halides is 1. The van der Waals surface area contributed by atoms with Crippen LogP contribution in [0.1, 0.15) is 18.9 Å². The predicted molar refractivity (Wildman–Crippen MR) is 92.8 cm³/mol. The summed E-state index contributed by atoms with van der Waals surface area (Å²) in [5, 5.41) is 13.6. The molecule has 0 N–H and O–H groups in total. The molecule has 132 valence electrons. The third kappa shape index (κ3) is 3.77. The van der Waals surface area contributed by atoms with Gasteiger partial charge in [-0.15, -0.1) is 0 Å². The van der Waals surface area contributed by atoms with Gasteiger partial charge in [0.2, 0.25) is 0 Å². The molecule has 1 aliphatic rings. The Morgan fingerprint density at radius 1 is 1.36 bits per heavy atom. The summed E-state index contributed by atoms with van der Waals surface area (Å²) in [6, 6.07) is 2.38. The number of halogens is 1. The molecule has 0 aromatic carbocycles. The van der Waals surface area contributed by atoms with Gasteiger partial charge in [0.15, 0.2) is 11.6 Å². The van der Waals surface area contributed by atoms with E-state index in [2.05, 4.69) is 37.9 Å². The molecule has 1 aliphatic heterocycles. The van der Waals surface area contributed by atoms with Crippen molar-refractivity contribution in [2.75, 3.05) is 37.8 Å². The molecule has 7 nitrogen and oxygen atoms in total. The second-order valence-corrected chi connectivity index (χ2v) is 6.33. The van der Waals surface area contributed by atoms with Crippen molar-refractivity contribution in [2.24, 2.45) is 7.05 Å². The molecule has 0 aliphatic carbocycles. The van der Waals surface area contributed by atoms with E-state index < -0.39 is 0 Å². The molecule has 2 aromatic heterocycles. The normalized spacial score (nSPS) is 18.3. The van der Waals surface area contributed by atoms with Crippen LogP contribution in [0.3, 0.4) is 0 Å². The van der Waals surface area contributed by atoms with E-state index in [0.717, 1.165) is 31.7 Å². The molecule has 0 radical (unpaired) electrons. The van der Waals surface area contributed by atoms with E-state index in [1.807, 2.05) is 13.2 Å². The van der Waals surface area contributed by atoms with E-state index in [1.165, 1.54) is 0 Å². The summed E-state index contributed by atoms with van der Waals surface area (Å²) in [5.74, 6) is 1.23. The summed E-state index contributed by atoms with van der Waals surface area (Å²) in [6.07, 6.45) is 5.70. The predicted octanol–water partition coefficient (Wildman–Crippen LogP) is 1.62. The zero-order valence-corrected chi connectivity index (χ0v) is 14.6. The van der Waals surface area contributed by atoms with Gasteiger partial charge in [0.25, 0.3) is 0 Å². The van der Waals surface area contributed by atoms with E-state index in [1.54, 1.807) is 17.1 Å². The van der Waals surface area contributed by atoms with Crippen molar-refractivity contribution in [3.8, 4) is 17.5 Å². The maximum absolute atomic E-state index is 12.4. The average molecular weight is 343 g/mol. The van der Waals surface area contributed by atoms with E-state index in [4.69, 9.17) is 0 Å². The van der Waals surface area contributed by atoms with Gasteiger partial charge in [-0.05, 0) is 13.3 Å². The van der Waals surface area contributed by atoms with Gasteiger partial charge >= 0.3 is 0 Å². The highest BCUT2D eigenvalue weighted by Crippen LogP contribution is 2.25. The number of hydrogen-bond donors (Lipinski definition) is 0. The first-order valence-corrected chi connectivity index (χ1v) is 8.43. The van der Waals surface area contributed by atoms with Crippen LogP contribution in [0.25, 0.3) is 11.4 Å². The largest absolute Gasteiger partial charge is 0.350 e. The fourth-order valence-corrected chi connectivity index (χ4v) is 3.18. The Bertz CT molecular complexity index is 767. The summed E-state index contributed by atoms with van der Waals surface area (Å²) < 4.78 is 14.1. The second-order valence-electron chi connectivity index (χ2n) is 6.33. The quantitative estimate of drug-likeness (QED) is 0.821. The molecule has 0 bridgehead atoms. The minimum Gasteiger partial charge on any atom is -0.350 e. The lowest BCUT2D eigenvalue weighted by Gasteiger charge is -2.40. The van der Waals surface area contributed by atoms with Gasteiger partial charge in [-0.25, -0.2) is 9.97 Å². The van der Waals surface area contributed by atoms with Crippen LogP contribution >= 0.6 is 0 Å². The Morgan fingerprint density at radius 3 is 2.84 bits per heavy atom. The van der Waals surface area contributed by atoms with Crippen LogP contribution < -0.4 is 4.90 Å². The Kier molecular flexibility index (Phi) is 5.24. The van der Waals surface area contributed by atoms with Crippen molar-refractivity contribution in [3.63, 3.8) is 0 Å². The van der Waals surface area contributed by atoms with Crippen LogP contribution in [0.15, 0.2) is 18.6 Å². The van der Waals surface area contributed by atoms with Crippen LogP contribution in [0, 0.1) is 11.3 Å². The topological polar surface area (TPSA) is 73.9 Å². The Balaban J connectivity index is 1.84. The molecule has 0 saturated carbocycles. The summed E-state index contributed by atoms with van der Waals surface area (Å²) in [5.41, 5.74) is 1.29. The summed E-state index contributed by atoms with van der Waals surface area (Å²) in [7, 11) is 1.84. The SMILES string of the molecule is CC1CN(CCCF)CCN1c1nc(-c2cnn(C)c2)ncc1C#N. The molecule has 1 fully saturated rings. The molecule has 1 unspecified atom stereocenters. The van der Waals surface area contributed by atoms with Crippen molar-refractivity contribution in [3.05, 3.63) is 24.2 Å². The fraction of sp³-hybridized carbons (Fsp3) is 0.529. The minimum absolute atomic E-state index is 0.192. The van der Waals surface area contributed by atoms with Gasteiger partial charge in [0.05, 0.1) is 24.6 Å². The molecule has 1 saturated heterocycles. The van der Waals surface area contributed by atoms with Crippen LogP contribution in [-0.2, 0) is 7.05 Å². The van der Waals surface area contributed by atoms with Crippen molar-refractivity contribution in [1.82, 2.24) is 24.6 Å². The summed E-state index contributed by atoms with van der Waals surface area (Å²) in [4.78, 5) is 13.4. The molecule has 0 amide bonds. The van der Waals surface area contributed by atoms with Crippen LogP contribution in [0.4, 0.5) is 10.2 Å². The van der Waals surface area contributed by atoms with Gasteiger partial charge in [-0.2, -0.15) is 10.4 Å². The Morgan fingerprint density at radius 2 is 2.20 bits per heavy atom. The third-order valence-electron chi connectivity index (χ3n) is 4.44. The summed E-state index contributed by atoms with van der Waals surface area (Å²) in [6.45, 7) is 5.01. The summed E-state index contributed by atoms with van der Waals surface area (Å²) >= 11 is 0. The number of piperazine rings is 1. The average Bonchev–Trinajstić information content (AvgIpc) is 3.06. The van der Waals surface area contributed by atoms with Crippen molar-refractivity contribution >= 4 is 5.82 Å². The first-order chi connectivity index (χ1) is 12.1.